The van der Waals surface area contributed by atoms with Crippen LogP contribution < -0.4 is 0 Å². The second-order valence-electron chi connectivity index (χ2n) is 5.15. The molecule has 0 unspecified atom stereocenters. The lowest BCUT2D eigenvalue weighted by atomic mass is 9.94. The molecule has 0 aromatic heterocycles. The molecule has 0 spiro atoms. The van der Waals surface area contributed by atoms with Crippen molar-refractivity contribution < 1.29 is 5.11 Å². The molecular formula is C15H20O. The van der Waals surface area contributed by atoms with Gasteiger partial charge in [-0.3, -0.25) is 0 Å². The monoisotopic (exact) mass is 216 g/mol. The van der Waals surface area contributed by atoms with Gasteiger partial charge in [0.2, 0.25) is 0 Å². The van der Waals surface area contributed by atoms with Crippen molar-refractivity contribution in [2.24, 2.45) is 0 Å². The molecule has 2 rings (SSSR count). The Bertz CT molecular complexity index is 402. The molecule has 0 saturated carbocycles. The average molecular weight is 216 g/mol. The molecule has 86 valence electrons. The molecule has 0 amide bonds. The zero-order valence-electron chi connectivity index (χ0n) is 10.6. The van der Waals surface area contributed by atoms with E-state index in [1.54, 1.807) is 0 Å². The van der Waals surface area contributed by atoms with Crippen LogP contribution in [0.5, 0.6) is 0 Å². The van der Waals surface area contributed by atoms with Gasteiger partial charge in [-0.2, -0.15) is 0 Å². The first kappa shape index (κ1) is 11.4. The minimum absolute atomic E-state index is 0.373. The van der Waals surface area contributed by atoms with Crippen LogP contribution in [0, 0.1) is 0 Å². The Morgan fingerprint density at radius 2 is 1.25 bits per heavy atom. The van der Waals surface area contributed by atoms with Gasteiger partial charge in [0.25, 0.3) is 0 Å². The maximum atomic E-state index is 10.4. The van der Waals surface area contributed by atoms with E-state index in [0.29, 0.717) is 0 Å². The molecule has 1 heteroatoms. The summed E-state index contributed by atoms with van der Waals surface area (Å²) in [6.45, 7) is 8.45. The fraction of sp³-hybridized carbons (Fsp3) is 0.467. The Balaban J connectivity index is 2.21. The highest BCUT2D eigenvalue weighted by molar-refractivity contribution is 5.47. The van der Waals surface area contributed by atoms with Gasteiger partial charge in [-0.1, -0.05) is 23.3 Å². The molecular weight excluding hydrogens is 196 g/mol. The van der Waals surface area contributed by atoms with Gasteiger partial charge in [-0.25, -0.2) is 0 Å². The lowest BCUT2D eigenvalue weighted by Gasteiger charge is -2.17. The Morgan fingerprint density at radius 1 is 0.875 bits per heavy atom. The number of allylic oxidation sites excluding steroid dienone is 6. The smallest absolute Gasteiger partial charge is 0.0978 e. The first-order chi connectivity index (χ1) is 7.49. The second kappa shape index (κ2) is 4.06. The van der Waals surface area contributed by atoms with Crippen LogP contribution in [0.3, 0.4) is 0 Å². The van der Waals surface area contributed by atoms with E-state index in [1.807, 2.05) is 0 Å². The van der Waals surface area contributed by atoms with Crippen LogP contribution in [0.1, 0.15) is 40.5 Å². The molecule has 16 heavy (non-hydrogen) atoms. The van der Waals surface area contributed by atoms with Crippen molar-refractivity contribution in [2.75, 3.05) is 0 Å². The molecule has 2 aliphatic carbocycles. The Kier molecular flexibility index (Phi) is 2.90. The van der Waals surface area contributed by atoms with Gasteiger partial charge in [-0.05, 0) is 62.8 Å². The fourth-order valence-electron chi connectivity index (χ4n) is 2.74. The molecule has 0 aromatic rings. The van der Waals surface area contributed by atoms with E-state index in [4.69, 9.17) is 0 Å². The van der Waals surface area contributed by atoms with Crippen LogP contribution in [-0.2, 0) is 0 Å². The van der Waals surface area contributed by atoms with Gasteiger partial charge in [0, 0.05) is 0 Å². The molecule has 0 aromatic carbocycles. The van der Waals surface area contributed by atoms with Gasteiger partial charge in [0.05, 0.1) is 6.10 Å². The van der Waals surface area contributed by atoms with E-state index in [1.165, 1.54) is 33.4 Å². The highest BCUT2D eigenvalue weighted by Crippen LogP contribution is 2.35. The Hall–Kier alpha value is -1.08. The number of hydrogen-bond acceptors (Lipinski definition) is 1. The minimum Gasteiger partial charge on any atom is -0.384 e. The molecule has 0 saturated heterocycles. The van der Waals surface area contributed by atoms with E-state index in [2.05, 4.69) is 39.8 Å². The van der Waals surface area contributed by atoms with E-state index in [-0.39, 0.29) is 6.10 Å². The number of hydrogen-bond donors (Lipinski definition) is 1. The SMILES string of the molecule is CC1=CC(C)=C(C(O)C2=C(C)C=C(C)C2)C1. The van der Waals surface area contributed by atoms with E-state index >= 15 is 0 Å². The summed E-state index contributed by atoms with van der Waals surface area (Å²) in [5.74, 6) is 0. The quantitative estimate of drug-likeness (QED) is 0.746. The Labute approximate surface area is 97.9 Å². The van der Waals surface area contributed by atoms with Gasteiger partial charge in [0.1, 0.15) is 0 Å². The van der Waals surface area contributed by atoms with Crippen LogP contribution in [0.15, 0.2) is 45.6 Å². The van der Waals surface area contributed by atoms with Crippen molar-refractivity contribution in [1.82, 2.24) is 0 Å². The third-order valence-corrected chi connectivity index (χ3v) is 3.54. The van der Waals surface area contributed by atoms with Crippen LogP contribution in [0.2, 0.25) is 0 Å². The first-order valence-corrected chi connectivity index (χ1v) is 5.90. The summed E-state index contributed by atoms with van der Waals surface area (Å²) in [4.78, 5) is 0. The van der Waals surface area contributed by atoms with Gasteiger partial charge in [-0.15, -0.1) is 0 Å². The summed E-state index contributed by atoms with van der Waals surface area (Å²) in [5, 5.41) is 10.4. The van der Waals surface area contributed by atoms with Gasteiger partial charge in [0.15, 0.2) is 0 Å². The van der Waals surface area contributed by atoms with Gasteiger partial charge < -0.3 is 5.11 Å². The Morgan fingerprint density at radius 3 is 1.50 bits per heavy atom. The molecule has 0 bridgehead atoms. The molecule has 0 fully saturated rings. The molecule has 0 radical (unpaired) electrons. The van der Waals surface area contributed by atoms with Crippen LogP contribution >= 0.6 is 0 Å². The van der Waals surface area contributed by atoms with Crippen molar-refractivity contribution >= 4 is 0 Å². The summed E-state index contributed by atoms with van der Waals surface area (Å²) < 4.78 is 0. The minimum atomic E-state index is -0.373. The van der Waals surface area contributed by atoms with Crippen LogP contribution in [0.25, 0.3) is 0 Å². The third-order valence-electron chi connectivity index (χ3n) is 3.54. The van der Waals surface area contributed by atoms with E-state index in [0.717, 1.165) is 12.8 Å². The summed E-state index contributed by atoms with van der Waals surface area (Å²) in [7, 11) is 0. The normalized spacial score (nSPS) is 21.1. The lowest BCUT2D eigenvalue weighted by molar-refractivity contribution is 0.240. The lowest BCUT2D eigenvalue weighted by Crippen LogP contribution is -2.14. The zero-order chi connectivity index (χ0) is 11.9. The highest BCUT2D eigenvalue weighted by atomic mass is 16.3. The largest absolute Gasteiger partial charge is 0.384 e. The number of rotatable bonds is 2. The molecule has 1 N–H and O–H groups in total. The average Bonchev–Trinajstić information content (AvgIpc) is 2.68. The second-order valence-corrected chi connectivity index (χ2v) is 5.15. The fourth-order valence-corrected chi connectivity index (χ4v) is 2.74. The predicted molar refractivity (Wildman–Crippen MR) is 68.2 cm³/mol. The third kappa shape index (κ3) is 1.92. The van der Waals surface area contributed by atoms with Crippen molar-refractivity contribution in [3.05, 3.63) is 45.6 Å². The van der Waals surface area contributed by atoms with E-state index < -0.39 is 0 Å². The highest BCUT2D eigenvalue weighted by Gasteiger charge is 2.24. The molecule has 1 nitrogen and oxygen atoms in total. The summed E-state index contributed by atoms with van der Waals surface area (Å²) in [6, 6.07) is 0. The zero-order valence-corrected chi connectivity index (χ0v) is 10.6. The van der Waals surface area contributed by atoms with Crippen molar-refractivity contribution in [2.45, 2.75) is 46.6 Å². The number of aliphatic hydroxyl groups is 1. The predicted octanol–water partition coefficient (Wildman–Crippen LogP) is 3.68. The topological polar surface area (TPSA) is 20.2 Å². The first-order valence-electron chi connectivity index (χ1n) is 5.90. The number of aliphatic hydroxyl groups excluding tert-OH is 1. The van der Waals surface area contributed by atoms with Crippen molar-refractivity contribution in [3.8, 4) is 0 Å². The molecule has 0 aliphatic heterocycles. The summed E-state index contributed by atoms with van der Waals surface area (Å²) >= 11 is 0. The maximum Gasteiger partial charge on any atom is 0.0978 e. The summed E-state index contributed by atoms with van der Waals surface area (Å²) in [5.41, 5.74) is 7.58. The van der Waals surface area contributed by atoms with Crippen molar-refractivity contribution in [1.29, 1.82) is 0 Å². The van der Waals surface area contributed by atoms with Crippen LogP contribution in [0.4, 0.5) is 0 Å². The maximum absolute atomic E-state index is 10.4. The standard InChI is InChI=1S/C15H20O/c1-9-5-11(3)13(7-9)15(16)14-8-10(2)6-12(14)4/h5-6,15-16H,7-8H2,1-4H3. The van der Waals surface area contributed by atoms with Crippen LogP contribution in [-0.4, -0.2) is 11.2 Å². The summed E-state index contributed by atoms with van der Waals surface area (Å²) in [6.07, 6.45) is 5.86. The van der Waals surface area contributed by atoms with Crippen molar-refractivity contribution in [3.63, 3.8) is 0 Å². The molecule has 2 aliphatic rings. The molecule has 0 atom stereocenters. The van der Waals surface area contributed by atoms with E-state index in [9.17, 15) is 5.11 Å². The van der Waals surface area contributed by atoms with Gasteiger partial charge >= 0.3 is 0 Å². The molecule has 0 heterocycles.